The maximum absolute atomic E-state index is 13.7. The van der Waals surface area contributed by atoms with Crippen molar-refractivity contribution in [3.63, 3.8) is 0 Å². The Morgan fingerprint density at radius 2 is 2.04 bits per heavy atom. The van der Waals surface area contributed by atoms with Crippen LogP contribution in [0, 0.1) is 5.82 Å². The Morgan fingerprint density at radius 1 is 1.22 bits per heavy atom. The third-order valence-electron chi connectivity index (χ3n) is 4.30. The number of aromatic hydroxyl groups is 1. The van der Waals surface area contributed by atoms with E-state index in [0.29, 0.717) is 19.4 Å². The lowest BCUT2D eigenvalue weighted by Gasteiger charge is -2.17. The molecule has 0 aliphatic heterocycles. The number of fused-ring (bicyclic) bond motifs is 2. The first-order chi connectivity index (χ1) is 11.1. The van der Waals surface area contributed by atoms with Gasteiger partial charge in [-0.05, 0) is 72.2 Å². The molecule has 0 saturated carbocycles. The summed E-state index contributed by atoms with van der Waals surface area (Å²) in [4.78, 5) is 11.9. The first-order valence-corrected chi connectivity index (χ1v) is 7.81. The molecular weight excluding hydrogens is 295 g/mol. The predicted molar refractivity (Wildman–Crippen MR) is 85.0 cm³/mol. The Labute approximate surface area is 134 Å². The van der Waals surface area contributed by atoms with Crippen LogP contribution in [0.3, 0.4) is 0 Å². The van der Waals surface area contributed by atoms with E-state index < -0.39 is 0 Å². The molecule has 4 heteroatoms. The highest BCUT2D eigenvalue weighted by Crippen LogP contribution is 2.35. The molecule has 0 aromatic heterocycles. The van der Waals surface area contributed by atoms with Crippen molar-refractivity contribution in [3.05, 3.63) is 64.5 Å². The molecule has 3 nitrogen and oxygen atoms in total. The number of hydrogen-bond acceptors (Lipinski definition) is 3. The number of esters is 1. The highest BCUT2D eigenvalue weighted by Gasteiger charge is 2.25. The largest absolute Gasteiger partial charge is 0.508 e. The van der Waals surface area contributed by atoms with Crippen LogP contribution in [-0.4, -0.2) is 17.7 Å². The highest BCUT2D eigenvalue weighted by atomic mass is 19.1. The zero-order chi connectivity index (χ0) is 16.4. The van der Waals surface area contributed by atoms with E-state index in [-0.39, 0.29) is 29.9 Å². The van der Waals surface area contributed by atoms with Crippen molar-refractivity contribution in [1.29, 1.82) is 0 Å². The molecule has 120 valence electrons. The molecule has 1 atom stereocenters. The highest BCUT2D eigenvalue weighted by molar-refractivity contribution is 5.71. The molecule has 0 radical (unpaired) electrons. The van der Waals surface area contributed by atoms with Gasteiger partial charge in [-0.3, -0.25) is 4.79 Å². The Morgan fingerprint density at radius 3 is 2.83 bits per heavy atom. The van der Waals surface area contributed by atoms with Crippen LogP contribution in [0.2, 0.25) is 0 Å². The van der Waals surface area contributed by atoms with Crippen LogP contribution < -0.4 is 0 Å². The quantitative estimate of drug-likeness (QED) is 0.878. The van der Waals surface area contributed by atoms with Crippen molar-refractivity contribution < 1.29 is 19.0 Å². The molecule has 0 amide bonds. The average molecular weight is 314 g/mol. The van der Waals surface area contributed by atoms with Gasteiger partial charge in [0.15, 0.2) is 0 Å². The summed E-state index contributed by atoms with van der Waals surface area (Å²) in [5, 5.41) is 9.72. The Balaban J connectivity index is 2.02. The number of phenolic OH excluding ortho intramolecular Hbond substituents is 1. The van der Waals surface area contributed by atoms with E-state index >= 15 is 0 Å². The number of carbonyl (C=O) groups excluding carboxylic acids is 1. The van der Waals surface area contributed by atoms with Gasteiger partial charge in [-0.15, -0.1) is 0 Å². The van der Waals surface area contributed by atoms with E-state index in [4.69, 9.17) is 4.74 Å². The third-order valence-corrected chi connectivity index (χ3v) is 4.30. The second-order valence-electron chi connectivity index (χ2n) is 5.88. The molecule has 1 N–H and O–H groups in total. The zero-order valence-electron chi connectivity index (χ0n) is 13.0. The lowest BCUT2D eigenvalue weighted by molar-refractivity contribution is -0.143. The molecule has 2 aromatic rings. The summed E-state index contributed by atoms with van der Waals surface area (Å²) in [6.07, 6.45) is 1.50. The number of halogens is 1. The monoisotopic (exact) mass is 314 g/mol. The van der Waals surface area contributed by atoms with E-state index in [0.717, 1.165) is 22.3 Å². The summed E-state index contributed by atoms with van der Waals surface area (Å²) >= 11 is 0. The van der Waals surface area contributed by atoms with Crippen molar-refractivity contribution in [2.45, 2.75) is 32.1 Å². The van der Waals surface area contributed by atoms with Crippen LogP contribution in [0.5, 0.6) is 5.75 Å². The Hall–Kier alpha value is -2.36. The number of rotatable bonds is 3. The summed E-state index contributed by atoms with van der Waals surface area (Å²) in [6.45, 7) is 2.14. The molecule has 3 rings (SSSR count). The molecule has 2 aromatic carbocycles. The molecule has 0 heterocycles. The van der Waals surface area contributed by atoms with Gasteiger partial charge in [0.25, 0.3) is 0 Å². The van der Waals surface area contributed by atoms with Crippen LogP contribution in [0.1, 0.15) is 41.5 Å². The SMILES string of the molecule is CCOC(=O)CC1Cc2ccc(O)cc2Cc2cc(F)ccc21. The van der Waals surface area contributed by atoms with Gasteiger partial charge in [-0.2, -0.15) is 0 Å². The van der Waals surface area contributed by atoms with Gasteiger partial charge in [-0.1, -0.05) is 12.1 Å². The maximum Gasteiger partial charge on any atom is 0.306 e. The average Bonchev–Trinajstić information content (AvgIpc) is 2.63. The molecule has 1 unspecified atom stereocenters. The number of hydrogen-bond donors (Lipinski definition) is 1. The van der Waals surface area contributed by atoms with Gasteiger partial charge in [0.1, 0.15) is 11.6 Å². The lowest BCUT2D eigenvalue weighted by atomic mass is 9.89. The van der Waals surface area contributed by atoms with E-state index in [1.54, 1.807) is 25.1 Å². The maximum atomic E-state index is 13.7. The van der Waals surface area contributed by atoms with Gasteiger partial charge >= 0.3 is 5.97 Å². The number of phenols is 1. The molecule has 0 spiro atoms. The first-order valence-electron chi connectivity index (χ1n) is 7.81. The minimum atomic E-state index is -0.290. The molecular formula is C19H19FO3. The minimum Gasteiger partial charge on any atom is -0.508 e. The van der Waals surface area contributed by atoms with Crippen LogP contribution >= 0.6 is 0 Å². The first kappa shape index (κ1) is 15.5. The predicted octanol–water partition coefficient (Wildman–Crippen LogP) is 3.72. The number of carbonyl (C=O) groups is 1. The summed E-state index contributed by atoms with van der Waals surface area (Å²) in [5.41, 5.74) is 3.90. The van der Waals surface area contributed by atoms with Crippen LogP contribution in [0.25, 0.3) is 0 Å². The lowest BCUT2D eigenvalue weighted by Crippen LogP contribution is -2.13. The molecule has 23 heavy (non-hydrogen) atoms. The standard InChI is InChI=1S/C19H19FO3/c1-2-23-19(22)11-15-7-12-3-5-17(21)10-13(12)8-14-9-16(20)4-6-18(14)15/h3-6,9-10,15,21H,2,7-8,11H2,1H3. The fourth-order valence-corrected chi connectivity index (χ4v) is 3.29. The minimum absolute atomic E-state index is 0.0459. The zero-order valence-corrected chi connectivity index (χ0v) is 13.0. The summed E-state index contributed by atoms with van der Waals surface area (Å²) in [7, 11) is 0. The van der Waals surface area contributed by atoms with Crippen molar-refractivity contribution >= 4 is 5.97 Å². The van der Waals surface area contributed by atoms with Gasteiger partial charge in [0, 0.05) is 0 Å². The van der Waals surface area contributed by atoms with E-state index in [9.17, 15) is 14.3 Å². The molecule has 1 aliphatic carbocycles. The summed E-state index contributed by atoms with van der Waals surface area (Å²) < 4.78 is 18.7. The Bertz CT molecular complexity index is 739. The topological polar surface area (TPSA) is 46.5 Å². The normalized spacial score (nSPS) is 16.2. The van der Waals surface area contributed by atoms with Gasteiger partial charge in [-0.25, -0.2) is 4.39 Å². The molecule has 0 fully saturated rings. The van der Waals surface area contributed by atoms with Crippen molar-refractivity contribution in [2.75, 3.05) is 6.61 Å². The second-order valence-corrected chi connectivity index (χ2v) is 5.88. The fraction of sp³-hybridized carbons (Fsp3) is 0.316. The van der Waals surface area contributed by atoms with Gasteiger partial charge in [0.2, 0.25) is 0 Å². The van der Waals surface area contributed by atoms with Crippen LogP contribution in [-0.2, 0) is 22.4 Å². The number of ether oxygens (including phenoxy) is 1. The molecule has 0 bridgehead atoms. The van der Waals surface area contributed by atoms with Crippen LogP contribution in [0.15, 0.2) is 36.4 Å². The Kier molecular flexibility index (Phi) is 4.33. The second kappa shape index (κ2) is 6.41. The molecule has 0 saturated heterocycles. The van der Waals surface area contributed by atoms with Crippen LogP contribution in [0.4, 0.5) is 4.39 Å². The van der Waals surface area contributed by atoms with Crippen molar-refractivity contribution in [2.24, 2.45) is 0 Å². The fourth-order valence-electron chi connectivity index (χ4n) is 3.29. The van der Waals surface area contributed by atoms with E-state index in [1.165, 1.54) is 12.1 Å². The van der Waals surface area contributed by atoms with Crippen molar-refractivity contribution in [1.82, 2.24) is 0 Å². The van der Waals surface area contributed by atoms with Gasteiger partial charge < -0.3 is 9.84 Å². The summed E-state index contributed by atoms with van der Waals surface area (Å²) in [6, 6.07) is 9.97. The van der Waals surface area contributed by atoms with E-state index in [2.05, 4.69) is 0 Å². The van der Waals surface area contributed by atoms with Crippen molar-refractivity contribution in [3.8, 4) is 5.75 Å². The van der Waals surface area contributed by atoms with E-state index in [1.807, 2.05) is 6.07 Å². The smallest absolute Gasteiger partial charge is 0.306 e. The molecule has 1 aliphatic rings. The number of benzene rings is 2. The summed E-state index contributed by atoms with van der Waals surface area (Å²) in [5.74, 6) is -0.377. The third kappa shape index (κ3) is 3.36. The van der Waals surface area contributed by atoms with Gasteiger partial charge in [0.05, 0.1) is 13.0 Å².